The lowest BCUT2D eigenvalue weighted by atomic mass is 9.97. The van der Waals surface area contributed by atoms with Gasteiger partial charge in [0, 0.05) is 0 Å². The second-order valence-electron chi connectivity index (χ2n) is 7.46. The third kappa shape index (κ3) is 3.50. The topological polar surface area (TPSA) is 66.5 Å². The van der Waals surface area contributed by atoms with Gasteiger partial charge in [0.2, 0.25) is 5.91 Å². The summed E-state index contributed by atoms with van der Waals surface area (Å²) in [7, 11) is 0. The van der Waals surface area contributed by atoms with E-state index in [4.69, 9.17) is 0 Å². The summed E-state index contributed by atoms with van der Waals surface area (Å²) in [4.78, 5) is 39.7. The van der Waals surface area contributed by atoms with Crippen LogP contribution in [0.2, 0.25) is 0 Å². The van der Waals surface area contributed by atoms with Gasteiger partial charge in [0.1, 0.15) is 6.04 Å². The quantitative estimate of drug-likeness (QED) is 0.663. The lowest BCUT2D eigenvalue weighted by Gasteiger charge is -2.26. The fraction of sp³-hybridized carbons (Fsp3) is 0.160. The van der Waals surface area contributed by atoms with Crippen LogP contribution in [0.15, 0.2) is 78.9 Å². The van der Waals surface area contributed by atoms with Crippen LogP contribution in [0.3, 0.4) is 0 Å². The average Bonchev–Trinajstić information content (AvgIpc) is 3.03. The second-order valence-corrected chi connectivity index (χ2v) is 7.46. The van der Waals surface area contributed by atoms with E-state index >= 15 is 0 Å². The summed E-state index contributed by atoms with van der Waals surface area (Å²) >= 11 is 0. The number of hydrogen-bond donors (Lipinski definition) is 1. The van der Waals surface area contributed by atoms with Crippen LogP contribution < -0.4 is 5.32 Å². The number of benzene rings is 3. The molecule has 0 saturated heterocycles. The molecule has 3 aromatic rings. The molecule has 0 unspecified atom stereocenters. The third-order valence-corrected chi connectivity index (χ3v) is 5.42. The van der Waals surface area contributed by atoms with Gasteiger partial charge >= 0.3 is 0 Å². The smallest absolute Gasteiger partial charge is 0.262 e. The van der Waals surface area contributed by atoms with Crippen molar-refractivity contribution in [1.82, 2.24) is 10.2 Å². The number of fused-ring (bicyclic) bond motifs is 1. The van der Waals surface area contributed by atoms with Crippen LogP contribution >= 0.6 is 0 Å². The van der Waals surface area contributed by atoms with Crippen LogP contribution in [0.25, 0.3) is 0 Å². The Morgan fingerprint density at radius 3 is 1.83 bits per heavy atom. The highest BCUT2D eigenvalue weighted by Crippen LogP contribution is 2.26. The maximum atomic E-state index is 13.1. The summed E-state index contributed by atoms with van der Waals surface area (Å²) in [5, 5.41) is 3.03. The second kappa shape index (κ2) is 7.95. The first kappa shape index (κ1) is 19.6. The van der Waals surface area contributed by atoms with Gasteiger partial charge in [-0.05, 0) is 37.1 Å². The molecule has 2 atom stereocenters. The van der Waals surface area contributed by atoms with Crippen LogP contribution in [0.5, 0.6) is 0 Å². The molecule has 4 rings (SSSR count). The van der Waals surface area contributed by atoms with Crippen molar-refractivity contribution in [3.8, 4) is 0 Å². The normalized spacial score (nSPS) is 14.9. The number of nitrogens with zero attached hydrogens (tertiary/aromatic N) is 1. The van der Waals surface area contributed by atoms with E-state index in [2.05, 4.69) is 5.32 Å². The van der Waals surface area contributed by atoms with Gasteiger partial charge < -0.3 is 5.32 Å². The molecule has 1 aliphatic heterocycles. The van der Waals surface area contributed by atoms with Gasteiger partial charge in [0.25, 0.3) is 11.8 Å². The maximum Gasteiger partial charge on any atom is 0.262 e. The van der Waals surface area contributed by atoms with E-state index in [1.807, 2.05) is 61.5 Å². The predicted octanol–water partition coefficient (Wildman–Crippen LogP) is 3.89. The van der Waals surface area contributed by atoms with Crippen molar-refractivity contribution >= 4 is 17.7 Å². The molecule has 0 bridgehead atoms. The molecule has 0 radical (unpaired) electrons. The van der Waals surface area contributed by atoms with Crippen molar-refractivity contribution in [2.24, 2.45) is 0 Å². The van der Waals surface area contributed by atoms with Crippen molar-refractivity contribution in [3.63, 3.8) is 0 Å². The number of aryl methyl sites for hydroxylation is 1. The number of nitrogens with one attached hydrogen (secondary N) is 1. The number of carbonyl (C=O) groups is 3. The molecule has 5 heteroatoms. The van der Waals surface area contributed by atoms with Crippen molar-refractivity contribution in [3.05, 3.63) is 107 Å². The summed E-state index contributed by atoms with van der Waals surface area (Å²) < 4.78 is 0. The van der Waals surface area contributed by atoms with Crippen LogP contribution in [-0.4, -0.2) is 28.7 Å². The van der Waals surface area contributed by atoms with Gasteiger partial charge in [-0.15, -0.1) is 0 Å². The molecule has 3 amide bonds. The molecule has 0 aromatic heterocycles. The van der Waals surface area contributed by atoms with E-state index in [1.165, 1.54) is 0 Å². The minimum atomic E-state index is -0.936. The van der Waals surface area contributed by atoms with Crippen LogP contribution in [0.4, 0.5) is 0 Å². The van der Waals surface area contributed by atoms with E-state index in [0.717, 1.165) is 21.6 Å². The van der Waals surface area contributed by atoms with Crippen LogP contribution in [-0.2, 0) is 4.79 Å². The van der Waals surface area contributed by atoms with Crippen LogP contribution in [0, 0.1) is 6.92 Å². The van der Waals surface area contributed by atoms with Gasteiger partial charge in [-0.2, -0.15) is 0 Å². The van der Waals surface area contributed by atoms with Crippen LogP contribution in [0.1, 0.15) is 50.4 Å². The monoisotopic (exact) mass is 398 g/mol. The first-order valence-electron chi connectivity index (χ1n) is 9.86. The SMILES string of the molecule is Cc1ccc([C@@H](NC(=O)[C@H](C)N2C(=O)c3ccccc3C2=O)c2ccccc2)cc1. The van der Waals surface area contributed by atoms with Gasteiger partial charge in [-0.25, -0.2) is 0 Å². The Morgan fingerprint density at radius 1 is 0.767 bits per heavy atom. The highest BCUT2D eigenvalue weighted by Gasteiger charge is 2.41. The number of hydrogen-bond acceptors (Lipinski definition) is 3. The summed E-state index contributed by atoms with van der Waals surface area (Å²) in [5.74, 6) is -1.27. The average molecular weight is 398 g/mol. The zero-order valence-corrected chi connectivity index (χ0v) is 16.8. The first-order valence-corrected chi connectivity index (χ1v) is 9.86. The molecule has 150 valence electrons. The molecule has 5 nitrogen and oxygen atoms in total. The van der Waals surface area contributed by atoms with E-state index in [9.17, 15) is 14.4 Å². The fourth-order valence-corrected chi connectivity index (χ4v) is 3.70. The van der Waals surface area contributed by atoms with E-state index in [1.54, 1.807) is 31.2 Å². The minimum Gasteiger partial charge on any atom is -0.343 e. The van der Waals surface area contributed by atoms with Crippen molar-refractivity contribution in [2.75, 3.05) is 0 Å². The molecule has 0 aliphatic carbocycles. The Balaban J connectivity index is 1.61. The molecule has 3 aromatic carbocycles. The Morgan fingerprint density at radius 2 is 1.27 bits per heavy atom. The maximum absolute atomic E-state index is 13.1. The van der Waals surface area contributed by atoms with Gasteiger partial charge in [0.15, 0.2) is 0 Å². The molecular formula is C25H22N2O3. The Kier molecular flexibility index (Phi) is 5.19. The number of carbonyl (C=O) groups excluding carboxylic acids is 3. The minimum absolute atomic E-state index is 0.334. The van der Waals surface area contributed by atoms with E-state index in [-0.39, 0.29) is 5.91 Å². The molecule has 0 fully saturated rings. The summed E-state index contributed by atoms with van der Waals surface area (Å²) in [5.41, 5.74) is 3.64. The highest BCUT2D eigenvalue weighted by atomic mass is 16.2. The number of imide groups is 1. The van der Waals surface area contributed by atoms with Crippen molar-refractivity contribution < 1.29 is 14.4 Å². The molecule has 0 spiro atoms. The molecule has 0 saturated carbocycles. The van der Waals surface area contributed by atoms with Crippen molar-refractivity contribution in [2.45, 2.75) is 25.9 Å². The molecule has 1 N–H and O–H groups in total. The van der Waals surface area contributed by atoms with Crippen molar-refractivity contribution in [1.29, 1.82) is 0 Å². The largest absolute Gasteiger partial charge is 0.343 e. The molecule has 1 aliphatic rings. The first-order chi connectivity index (χ1) is 14.5. The Hall–Kier alpha value is -3.73. The number of amides is 3. The third-order valence-electron chi connectivity index (χ3n) is 5.42. The summed E-state index contributed by atoms with van der Waals surface area (Å²) in [6, 6.07) is 22.9. The zero-order valence-electron chi connectivity index (χ0n) is 16.8. The molecular weight excluding hydrogens is 376 g/mol. The van der Waals surface area contributed by atoms with E-state index in [0.29, 0.717) is 11.1 Å². The summed E-state index contributed by atoms with van der Waals surface area (Å²) in [6.45, 7) is 3.58. The van der Waals surface area contributed by atoms with Gasteiger partial charge in [-0.3, -0.25) is 19.3 Å². The zero-order chi connectivity index (χ0) is 21.3. The Labute approximate surface area is 175 Å². The Bertz CT molecular complexity index is 1070. The molecule has 1 heterocycles. The fourth-order valence-electron chi connectivity index (χ4n) is 3.70. The van der Waals surface area contributed by atoms with E-state index < -0.39 is 23.9 Å². The lowest BCUT2D eigenvalue weighted by molar-refractivity contribution is -0.125. The lowest BCUT2D eigenvalue weighted by Crippen LogP contribution is -2.48. The van der Waals surface area contributed by atoms with Gasteiger partial charge in [-0.1, -0.05) is 72.3 Å². The standard InChI is InChI=1S/C25H22N2O3/c1-16-12-14-19(15-13-16)22(18-8-4-3-5-9-18)26-23(28)17(2)27-24(29)20-10-6-7-11-21(20)25(27)30/h3-15,17,22H,1-2H3,(H,26,28)/t17-,22-/m0/s1. The van der Waals surface area contributed by atoms with Gasteiger partial charge in [0.05, 0.1) is 17.2 Å². The summed E-state index contributed by atoms with van der Waals surface area (Å²) in [6.07, 6.45) is 0. The molecule has 30 heavy (non-hydrogen) atoms. The number of rotatable bonds is 5. The highest BCUT2D eigenvalue weighted by molar-refractivity contribution is 6.22. The predicted molar refractivity (Wildman–Crippen MR) is 114 cm³/mol.